The molecule has 2 aromatic heterocycles. The summed E-state index contributed by atoms with van der Waals surface area (Å²) in [7, 11) is 0. The summed E-state index contributed by atoms with van der Waals surface area (Å²) < 4.78 is 0. The molecule has 0 amide bonds. The standard InChI is InChI=1S/C9H10N4O3/c14-4-1-3(2-4)6-10-5-7(11-6)12-9(16)13-8(5)15/h3-4,14H,1-2H2,(H3,10,11,12,13,15,16). The van der Waals surface area contributed by atoms with Crippen LogP contribution in [0.25, 0.3) is 11.2 Å². The van der Waals surface area contributed by atoms with E-state index in [4.69, 9.17) is 0 Å². The number of imidazole rings is 1. The van der Waals surface area contributed by atoms with Crippen LogP contribution in [0.4, 0.5) is 0 Å². The molecule has 0 aromatic carbocycles. The number of aliphatic hydroxyl groups is 1. The topological polar surface area (TPSA) is 115 Å². The highest BCUT2D eigenvalue weighted by Crippen LogP contribution is 2.35. The Morgan fingerprint density at radius 2 is 1.94 bits per heavy atom. The van der Waals surface area contributed by atoms with Crippen LogP contribution in [-0.2, 0) is 0 Å². The van der Waals surface area contributed by atoms with E-state index in [9.17, 15) is 14.7 Å². The zero-order chi connectivity index (χ0) is 11.3. The molecule has 1 aliphatic rings. The average molecular weight is 222 g/mol. The van der Waals surface area contributed by atoms with E-state index < -0.39 is 11.2 Å². The normalized spacial score (nSPS) is 24.6. The molecule has 7 nitrogen and oxygen atoms in total. The minimum absolute atomic E-state index is 0.144. The fourth-order valence-corrected chi connectivity index (χ4v) is 1.96. The third-order valence-corrected chi connectivity index (χ3v) is 2.91. The molecule has 1 saturated carbocycles. The lowest BCUT2D eigenvalue weighted by Gasteiger charge is -2.29. The van der Waals surface area contributed by atoms with Crippen molar-refractivity contribution in [2.45, 2.75) is 24.9 Å². The van der Waals surface area contributed by atoms with Gasteiger partial charge in [-0.1, -0.05) is 0 Å². The highest BCUT2D eigenvalue weighted by Gasteiger charge is 2.31. The predicted octanol–water partition coefficient (Wildman–Crippen LogP) is -0.822. The van der Waals surface area contributed by atoms with Crippen molar-refractivity contribution >= 4 is 11.2 Å². The van der Waals surface area contributed by atoms with Gasteiger partial charge < -0.3 is 10.1 Å². The second-order valence-corrected chi connectivity index (χ2v) is 4.08. The zero-order valence-corrected chi connectivity index (χ0v) is 8.28. The molecule has 0 atom stereocenters. The van der Waals surface area contributed by atoms with Gasteiger partial charge in [0.15, 0.2) is 5.65 Å². The number of hydrogen-bond acceptors (Lipinski definition) is 4. The van der Waals surface area contributed by atoms with Crippen molar-refractivity contribution in [1.82, 2.24) is 19.9 Å². The van der Waals surface area contributed by atoms with Gasteiger partial charge in [0.1, 0.15) is 11.3 Å². The number of nitrogens with zero attached hydrogens (tertiary/aromatic N) is 1. The number of aliphatic hydroxyl groups excluding tert-OH is 1. The van der Waals surface area contributed by atoms with Gasteiger partial charge >= 0.3 is 5.69 Å². The van der Waals surface area contributed by atoms with Crippen LogP contribution in [0.1, 0.15) is 24.6 Å². The number of aromatic nitrogens is 4. The Hall–Kier alpha value is -1.89. The maximum atomic E-state index is 11.4. The second kappa shape index (κ2) is 3.05. The molecule has 84 valence electrons. The van der Waals surface area contributed by atoms with Crippen LogP contribution in [0, 0.1) is 0 Å². The molecule has 7 heteroatoms. The van der Waals surface area contributed by atoms with Gasteiger partial charge in [0.05, 0.1) is 6.10 Å². The van der Waals surface area contributed by atoms with Gasteiger partial charge in [-0.2, -0.15) is 0 Å². The fourth-order valence-electron chi connectivity index (χ4n) is 1.96. The summed E-state index contributed by atoms with van der Waals surface area (Å²) >= 11 is 0. The van der Waals surface area contributed by atoms with E-state index in [2.05, 4.69) is 19.9 Å². The van der Waals surface area contributed by atoms with E-state index in [0.29, 0.717) is 18.7 Å². The fraction of sp³-hybridized carbons (Fsp3) is 0.444. The quantitative estimate of drug-likeness (QED) is 0.504. The first-order valence-corrected chi connectivity index (χ1v) is 5.04. The van der Waals surface area contributed by atoms with E-state index in [1.807, 2.05) is 0 Å². The van der Waals surface area contributed by atoms with Crippen molar-refractivity contribution in [2.75, 3.05) is 0 Å². The van der Waals surface area contributed by atoms with Crippen molar-refractivity contribution in [3.63, 3.8) is 0 Å². The third kappa shape index (κ3) is 1.28. The van der Waals surface area contributed by atoms with Crippen LogP contribution in [0.3, 0.4) is 0 Å². The summed E-state index contributed by atoms with van der Waals surface area (Å²) in [6, 6.07) is 0. The molecule has 2 heterocycles. The van der Waals surface area contributed by atoms with E-state index in [0.717, 1.165) is 0 Å². The van der Waals surface area contributed by atoms with Crippen molar-refractivity contribution in [3.8, 4) is 0 Å². The summed E-state index contributed by atoms with van der Waals surface area (Å²) in [5.41, 5.74) is -0.498. The van der Waals surface area contributed by atoms with E-state index >= 15 is 0 Å². The molecule has 0 bridgehead atoms. The van der Waals surface area contributed by atoms with Gasteiger partial charge in [-0.05, 0) is 12.8 Å². The summed E-state index contributed by atoms with van der Waals surface area (Å²) in [5, 5.41) is 9.19. The minimum atomic E-state index is -0.566. The first kappa shape index (κ1) is 9.34. The zero-order valence-electron chi connectivity index (χ0n) is 8.28. The molecular formula is C9H10N4O3. The lowest BCUT2D eigenvalue weighted by molar-refractivity contribution is 0.0720. The first-order valence-electron chi connectivity index (χ1n) is 5.04. The molecular weight excluding hydrogens is 212 g/mol. The molecule has 4 N–H and O–H groups in total. The highest BCUT2D eigenvalue weighted by molar-refractivity contribution is 5.68. The summed E-state index contributed by atoms with van der Waals surface area (Å²) in [6.45, 7) is 0. The average Bonchev–Trinajstić information content (AvgIpc) is 2.56. The number of rotatable bonds is 1. The third-order valence-electron chi connectivity index (χ3n) is 2.91. The second-order valence-electron chi connectivity index (χ2n) is 4.08. The molecule has 0 saturated heterocycles. The van der Waals surface area contributed by atoms with E-state index in [1.54, 1.807) is 0 Å². The Bertz CT molecular complexity index is 647. The van der Waals surface area contributed by atoms with Gasteiger partial charge in [-0.3, -0.25) is 14.8 Å². The minimum Gasteiger partial charge on any atom is -0.393 e. The summed E-state index contributed by atoms with van der Waals surface area (Å²) in [4.78, 5) is 34.0. The number of H-pyrrole nitrogens is 3. The van der Waals surface area contributed by atoms with Gasteiger partial charge in [0.25, 0.3) is 5.56 Å². The Morgan fingerprint density at radius 1 is 1.19 bits per heavy atom. The molecule has 0 unspecified atom stereocenters. The van der Waals surface area contributed by atoms with Crippen LogP contribution >= 0.6 is 0 Å². The molecule has 1 fully saturated rings. The van der Waals surface area contributed by atoms with Crippen molar-refractivity contribution in [2.24, 2.45) is 0 Å². The Balaban J connectivity index is 2.13. The van der Waals surface area contributed by atoms with Crippen molar-refractivity contribution < 1.29 is 5.11 Å². The molecule has 1 aliphatic carbocycles. The lowest BCUT2D eigenvalue weighted by Crippen LogP contribution is -2.27. The molecule has 0 spiro atoms. The molecule has 2 aromatic rings. The van der Waals surface area contributed by atoms with Crippen LogP contribution in [-0.4, -0.2) is 31.1 Å². The Kier molecular flexibility index (Phi) is 1.78. The monoisotopic (exact) mass is 222 g/mol. The molecule has 16 heavy (non-hydrogen) atoms. The van der Waals surface area contributed by atoms with Crippen molar-refractivity contribution in [1.29, 1.82) is 0 Å². The van der Waals surface area contributed by atoms with E-state index in [-0.39, 0.29) is 23.2 Å². The molecule has 3 rings (SSSR count). The van der Waals surface area contributed by atoms with Crippen LogP contribution in [0.2, 0.25) is 0 Å². The van der Waals surface area contributed by atoms with Gasteiger partial charge in [0, 0.05) is 5.92 Å². The van der Waals surface area contributed by atoms with Crippen LogP contribution in [0.15, 0.2) is 9.59 Å². The number of aromatic amines is 3. The van der Waals surface area contributed by atoms with Gasteiger partial charge in [-0.15, -0.1) is 0 Å². The van der Waals surface area contributed by atoms with Crippen LogP contribution in [0.5, 0.6) is 0 Å². The first-order chi connectivity index (χ1) is 7.63. The number of hydrogen-bond donors (Lipinski definition) is 4. The van der Waals surface area contributed by atoms with Crippen molar-refractivity contribution in [3.05, 3.63) is 26.7 Å². The number of nitrogens with one attached hydrogen (secondary N) is 3. The van der Waals surface area contributed by atoms with Crippen LogP contribution < -0.4 is 11.2 Å². The summed E-state index contributed by atoms with van der Waals surface area (Å²) in [6.07, 6.45) is 1.000. The smallest absolute Gasteiger partial charge is 0.327 e. The summed E-state index contributed by atoms with van der Waals surface area (Å²) in [5.74, 6) is 0.790. The largest absolute Gasteiger partial charge is 0.393 e. The molecule has 0 aliphatic heterocycles. The van der Waals surface area contributed by atoms with Gasteiger partial charge in [-0.25, -0.2) is 9.78 Å². The maximum absolute atomic E-state index is 11.4. The maximum Gasteiger partial charge on any atom is 0.327 e. The van der Waals surface area contributed by atoms with Gasteiger partial charge in [0.2, 0.25) is 0 Å². The number of fused-ring (bicyclic) bond motifs is 1. The molecule has 0 radical (unpaired) electrons. The Morgan fingerprint density at radius 3 is 2.62 bits per heavy atom. The lowest BCUT2D eigenvalue weighted by atomic mass is 9.82. The predicted molar refractivity (Wildman–Crippen MR) is 55.3 cm³/mol. The highest BCUT2D eigenvalue weighted by atomic mass is 16.3. The SMILES string of the molecule is O=c1[nH]c(=O)c2[nH]c(C3CC(O)C3)nc2[nH]1. The van der Waals surface area contributed by atoms with E-state index in [1.165, 1.54) is 0 Å². The Labute approximate surface area is 88.6 Å².